The summed E-state index contributed by atoms with van der Waals surface area (Å²) >= 11 is 0. The van der Waals surface area contributed by atoms with E-state index in [1.807, 2.05) is 18.2 Å². The quantitative estimate of drug-likeness (QED) is 0.0931. The van der Waals surface area contributed by atoms with E-state index in [4.69, 9.17) is 0 Å². The van der Waals surface area contributed by atoms with Gasteiger partial charge in [-0.15, -0.1) is 0 Å². The number of rotatable bonds is 13. The summed E-state index contributed by atoms with van der Waals surface area (Å²) in [5.74, 6) is 0. The number of nitrogens with one attached hydrogen (secondary N) is 4. The zero-order valence-electron chi connectivity index (χ0n) is 36.8. The second kappa shape index (κ2) is 22.4. The Bertz CT molecular complexity index is 2130. The van der Waals surface area contributed by atoms with E-state index in [0.717, 1.165) is 46.3 Å². The number of aromatic amines is 4. The van der Waals surface area contributed by atoms with Crippen LogP contribution in [-0.2, 0) is 28.1 Å². The Balaban J connectivity index is 0.000000273. The highest BCUT2D eigenvalue weighted by molar-refractivity contribution is 5.51. The van der Waals surface area contributed by atoms with Crippen molar-refractivity contribution >= 4 is 24.3 Å². The van der Waals surface area contributed by atoms with Crippen LogP contribution in [0.15, 0.2) is 112 Å². The van der Waals surface area contributed by atoms with Gasteiger partial charge in [0.1, 0.15) is 0 Å². The molecular weight excluding hydrogens is 725 g/mol. The van der Waals surface area contributed by atoms with Crippen molar-refractivity contribution in [2.45, 2.75) is 124 Å². The van der Waals surface area contributed by atoms with Crippen molar-refractivity contribution in [2.24, 2.45) is 0 Å². The van der Waals surface area contributed by atoms with Crippen molar-refractivity contribution in [3.63, 3.8) is 0 Å². The molecule has 316 valence electrons. The molecule has 0 amide bonds. The molecule has 0 aliphatic carbocycles. The van der Waals surface area contributed by atoms with E-state index >= 15 is 0 Å². The van der Waals surface area contributed by atoms with E-state index in [0.29, 0.717) is 0 Å². The predicted molar refractivity (Wildman–Crippen MR) is 254 cm³/mol. The van der Waals surface area contributed by atoms with Gasteiger partial charge in [0.15, 0.2) is 0 Å². The number of unbranched alkanes of at least 4 members (excludes halogenated alkanes) is 1. The van der Waals surface area contributed by atoms with Crippen LogP contribution < -0.4 is 0 Å². The Morgan fingerprint density at radius 3 is 1.29 bits per heavy atom. The fourth-order valence-corrected chi connectivity index (χ4v) is 6.96. The lowest BCUT2D eigenvalue weighted by atomic mass is 9.80. The standard InChI is InChI=1S/C15H18N2.C14H16N2.C12H20N2.C9H14N2.CH4/c1-4-13-14(17-11-16-13)15(2,3)10-12-8-6-5-7-9-12;1-4-12-13(16-10-15-12)14(2,3)11-8-6-5-7-9-11;1-5-7-8-12(3,4)11-10(6-2)13-9-14-11;1-5-7-8(9(2,3)4)11-6-10-7;/h4-9,11H,1,10H2,2-3H3,(H,16,17);4-10H,1H2,2-3H3,(H,15,16);6,9H,2,5,7-8H2,1,3-4H3,(H,13,14);5-6H,1H2,2-4H3,(H,10,11);1H4. The Kier molecular flexibility index (Phi) is 18.8. The van der Waals surface area contributed by atoms with Gasteiger partial charge < -0.3 is 19.9 Å². The Morgan fingerprint density at radius 1 is 0.508 bits per heavy atom. The molecule has 0 unspecified atom stereocenters. The summed E-state index contributed by atoms with van der Waals surface area (Å²) in [6, 6.07) is 20.9. The Morgan fingerprint density at radius 2 is 0.881 bits per heavy atom. The van der Waals surface area contributed by atoms with Gasteiger partial charge in [0.2, 0.25) is 0 Å². The lowest BCUT2D eigenvalue weighted by molar-refractivity contribution is 0.446. The number of imidazole rings is 4. The first-order valence-electron chi connectivity index (χ1n) is 20.2. The highest BCUT2D eigenvalue weighted by atomic mass is 14.9. The van der Waals surface area contributed by atoms with E-state index in [1.165, 1.54) is 36.1 Å². The van der Waals surface area contributed by atoms with E-state index < -0.39 is 0 Å². The van der Waals surface area contributed by atoms with Crippen LogP contribution in [0.2, 0.25) is 0 Å². The Labute approximate surface area is 356 Å². The minimum Gasteiger partial charge on any atom is -0.348 e. The lowest BCUT2D eigenvalue weighted by Gasteiger charge is -2.24. The molecule has 4 aromatic heterocycles. The van der Waals surface area contributed by atoms with Crippen LogP contribution in [-0.4, -0.2) is 39.9 Å². The Hall–Kier alpha value is -5.76. The smallest absolute Gasteiger partial charge is 0.0929 e. The van der Waals surface area contributed by atoms with Crippen molar-refractivity contribution in [1.82, 2.24) is 39.9 Å². The maximum atomic E-state index is 4.27. The number of nitrogens with zero attached hydrogens (tertiary/aromatic N) is 4. The van der Waals surface area contributed by atoms with Crippen LogP contribution in [0.3, 0.4) is 0 Å². The largest absolute Gasteiger partial charge is 0.348 e. The molecule has 0 fully saturated rings. The first kappa shape index (κ1) is 49.4. The molecule has 4 heterocycles. The van der Waals surface area contributed by atoms with Crippen molar-refractivity contribution in [3.8, 4) is 0 Å². The monoisotopic (exact) mass is 797 g/mol. The normalized spacial score (nSPS) is 11.3. The summed E-state index contributed by atoms with van der Waals surface area (Å²) in [6.07, 6.45) is 18.8. The van der Waals surface area contributed by atoms with Gasteiger partial charge in [0, 0.05) is 38.7 Å². The highest BCUT2D eigenvalue weighted by Gasteiger charge is 2.27. The average molecular weight is 797 g/mol. The summed E-state index contributed by atoms with van der Waals surface area (Å²) < 4.78 is 0. The van der Waals surface area contributed by atoms with Gasteiger partial charge in [-0.05, 0) is 48.3 Å². The van der Waals surface area contributed by atoms with Gasteiger partial charge in [0.25, 0.3) is 0 Å². The van der Waals surface area contributed by atoms with Crippen molar-refractivity contribution in [2.75, 3.05) is 0 Å². The van der Waals surface area contributed by atoms with Crippen LogP contribution >= 0.6 is 0 Å². The molecule has 59 heavy (non-hydrogen) atoms. The fourth-order valence-electron chi connectivity index (χ4n) is 6.96. The predicted octanol–water partition coefficient (Wildman–Crippen LogP) is 13.5. The van der Waals surface area contributed by atoms with Gasteiger partial charge in [-0.25, -0.2) is 19.9 Å². The van der Waals surface area contributed by atoms with Crippen molar-refractivity contribution in [1.29, 1.82) is 0 Å². The van der Waals surface area contributed by atoms with Crippen LogP contribution in [0, 0.1) is 0 Å². The maximum absolute atomic E-state index is 4.27. The second-order valence-electron chi connectivity index (χ2n) is 17.2. The van der Waals surface area contributed by atoms with E-state index in [-0.39, 0.29) is 29.1 Å². The van der Waals surface area contributed by atoms with Crippen LogP contribution in [0.1, 0.15) is 153 Å². The fraction of sp³-hybridized carbons (Fsp3) is 0.373. The molecule has 0 saturated heterocycles. The summed E-state index contributed by atoms with van der Waals surface area (Å²) in [5.41, 5.74) is 11.3. The van der Waals surface area contributed by atoms with E-state index in [2.05, 4.69) is 184 Å². The maximum Gasteiger partial charge on any atom is 0.0929 e. The minimum absolute atomic E-state index is 0. The third-order valence-corrected chi connectivity index (χ3v) is 10.3. The average Bonchev–Trinajstić information content (AvgIpc) is 4.05. The van der Waals surface area contributed by atoms with Crippen LogP contribution in [0.4, 0.5) is 0 Å². The number of aromatic nitrogens is 8. The molecule has 0 atom stereocenters. The third-order valence-electron chi connectivity index (χ3n) is 10.3. The molecule has 6 aromatic rings. The number of benzene rings is 2. The molecule has 0 saturated carbocycles. The molecule has 0 bridgehead atoms. The third kappa shape index (κ3) is 13.7. The summed E-state index contributed by atoms with van der Waals surface area (Å²) in [4.78, 5) is 29.7. The first-order valence-corrected chi connectivity index (χ1v) is 20.2. The summed E-state index contributed by atoms with van der Waals surface area (Å²) in [7, 11) is 0. The second-order valence-corrected chi connectivity index (χ2v) is 17.2. The molecular formula is C51H72N8. The van der Waals surface area contributed by atoms with Gasteiger partial charge in [0.05, 0.1) is 53.8 Å². The number of hydrogen-bond acceptors (Lipinski definition) is 4. The molecule has 2 aromatic carbocycles. The van der Waals surface area contributed by atoms with E-state index in [9.17, 15) is 0 Å². The van der Waals surface area contributed by atoms with Crippen molar-refractivity contribution < 1.29 is 0 Å². The molecule has 4 N–H and O–H groups in total. The van der Waals surface area contributed by atoms with E-state index in [1.54, 1.807) is 43.5 Å². The van der Waals surface area contributed by atoms with Gasteiger partial charge in [-0.1, -0.05) is 176 Å². The van der Waals surface area contributed by atoms with Crippen LogP contribution in [0.5, 0.6) is 0 Å². The lowest BCUT2D eigenvalue weighted by Crippen LogP contribution is -2.22. The SMILES string of the molecule is C.C=Cc1nc[nH]c1C(C)(C)C.C=Cc1nc[nH]c1C(C)(C)CCCC.C=Cc1nc[nH]c1C(C)(C)Cc1ccccc1.C=Cc1nc[nH]c1C(C)(C)c1ccccc1. The summed E-state index contributed by atoms with van der Waals surface area (Å²) in [5, 5.41) is 0. The number of H-pyrrole nitrogens is 4. The molecule has 6 rings (SSSR count). The molecule has 0 radical (unpaired) electrons. The topological polar surface area (TPSA) is 115 Å². The highest BCUT2D eigenvalue weighted by Crippen LogP contribution is 2.33. The minimum atomic E-state index is -0.0821. The molecule has 0 aliphatic heterocycles. The van der Waals surface area contributed by atoms with Gasteiger partial charge in [-0.3, -0.25) is 0 Å². The molecule has 0 aliphatic rings. The first-order chi connectivity index (χ1) is 27.5. The summed E-state index contributed by atoms with van der Waals surface area (Å²) in [6.45, 7) is 37.0. The van der Waals surface area contributed by atoms with Gasteiger partial charge >= 0.3 is 0 Å². The molecule has 0 spiro atoms. The number of hydrogen-bond donors (Lipinski definition) is 4. The zero-order chi connectivity index (χ0) is 43.0. The van der Waals surface area contributed by atoms with Crippen molar-refractivity contribution in [3.05, 3.63) is 169 Å². The van der Waals surface area contributed by atoms with Crippen LogP contribution in [0.25, 0.3) is 24.3 Å². The zero-order valence-corrected chi connectivity index (χ0v) is 36.8. The molecule has 8 nitrogen and oxygen atoms in total. The molecule has 8 heteroatoms. The van der Waals surface area contributed by atoms with Gasteiger partial charge in [-0.2, -0.15) is 0 Å².